The van der Waals surface area contributed by atoms with Gasteiger partial charge in [0.15, 0.2) is 6.29 Å². The molecule has 2 fully saturated rings. The van der Waals surface area contributed by atoms with Crippen LogP contribution in [0.3, 0.4) is 0 Å². The highest BCUT2D eigenvalue weighted by molar-refractivity contribution is 8.00. The molecule has 0 aliphatic carbocycles. The molecule has 35 heavy (non-hydrogen) atoms. The molecular formula is C24H22ClN5O4S. The van der Waals surface area contributed by atoms with Crippen molar-refractivity contribution >= 4 is 23.4 Å². The fourth-order valence-corrected chi connectivity index (χ4v) is 5.76. The summed E-state index contributed by atoms with van der Waals surface area (Å²) < 4.78 is 24.4. The first kappa shape index (κ1) is 24.0. The molecule has 180 valence electrons. The Hall–Kier alpha value is -2.69. The molecule has 0 saturated carbocycles. The van der Waals surface area contributed by atoms with E-state index in [2.05, 4.69) is 20.0 Å². The Morgan fingerprint density at radius 2 is 1.97 bits per heavy atom. The second kappa shape index (κ2) is 10.9. The van der Waals surface area contributed by atoms with E-state index in [1.165, 1.54) is 11.8 Å². The van der Waals surface area contributed by atoms with E-state index in [0.29, 0.717) is 16.4 Å². The van der Waals surface area contributed by atoms with Crippen LogP contribution in [0.1, 0.15) is 11.9 Å². The number of benzene rings is 1. The number of pyridine rings is 2. The molecule has 11 heteroatoms. The average molecular weight is 512 g/mol. The molecule has 2 saturated heterocycles. The second-order valence-corrected chi connectivity index (χ2v) is 9.53. The summed E-state index contributed by atoms with van der Waals surface area (Å²) >= 11 is 7.67. The van der Waals surface area contributed by atoms with Crippen LogP contribution in [0.25, 0.3) is 21.8 Å². The van der Waals surface area contributed by atoms with Crippen LogP contribution in [0.2, 0.25) is 5.02 Å². The lowest BCUT2D eigenvalue weighted by atomic mass is 9.96. The lowest BCUT2D eigenvalue weighted by molar-refractivity contribution is -0.298. The van der Waals surface area contributed by atoms with Gasteiger partial charge in [-0.2, -0.15) is 0 Å². The van der Waals surface area contributed by atoms with Gasteiger partial charge in [0.1, 0.15) is 29.4 Å². The van der Waals surface area contributed by atoms with Crippen molar-refractivity contribution in [2.75, 3.05) is 13.7 Å². The monoisotopic (exact) mass is 511 g/mol. The first-order valence-electron chi connectivity index (χ1n) is 11.0. The summed E-state index contributed by atoms with van der Waals surface area (Å²) in [6.45, 7) is 0.274. The Bertz CT molecular complexity index is 1200. The number of aromatic nitrogens is 2. The number of hydrogen-bond acceptors (Lipinski definition) is 8. The molecule has 0 spiro atoms. The molecule has 0 radical (unpaired) electrons. The Morgan fingerprint density at radius 3 is 2.71 bits per heavy atom. The molecule has 4 heterocycles. The third-order valence-electron chi connectivity index (χ3n) is 5.81. The Morgan fingerprint density at radius 1 is 1.14 bits per heavy atom. The van der Waals surface area contributed by atoms with Gasteiger partial charge in [-0.15, -0.1) is 0 Å². The summed E-state index contributed by atoms with van der Waals surface area (Å²) in [6.07, 6.45) is 1.10. The van der Waals surface area contributed by atoms with Crippen molar-refractivity contribution in [3.8, 4) is 11.4 Å². The normalized spacial score (nSPS) is 28.1. The maximum absolute atomic E-state index is 9.34. The number of methoxy groups -OCH3 is 1. The molecule has 2 aliphatic heterocycles. The molecule has 0 N–H and O–H groups in total. The molecule has 6 atom stereocenters. The Labute approximate surface area is 211 Å². The van der Waals surface area contributed by atoms with Crippen LogP contribution in [0, 0.1) is 0 Å². The maximum Gasteiger partial charge on any atom is 0.184 e. The molecule has 0 bridgehead atoms. The molecule has 2 aromatic heterocycles. The Kier molecular flexibility index (Phi) is 7.50. The molecule has 3 aromatic rings. The number of hydrogen-bond donors (Lipinski definition) is 0. The van der Waals surface area contributed by atoms with E-state index in [9.17, 15) is 5.53 Å². The van der Waals surface area contributed by atoms with Gasteiger partial charge in [-0.05, 0) is 23.7 Å². The second-order valence-electron chi connectivity index (χ2n) is 7.95. The van der Waals surface area contributed by atoms with E-state index in [-0.39, 0.29) is 6.61 Å². The van der Waals surface area contributed by atoms with Crippen LogP contribution in [0.5, 0.6) is 0 Å². The summed E-state index contributed by atoms with van der Waals surface area (Å²) in [5.41, 5.74) is 11.0. The highest BCUT2D eigenvalue weighted by Crippen LogP contribution is 2.43. The van der Waals surface area contributed by atoms with Crippen LogP contribution >= 0.6 is 23.4 Å². The topological polar surface area (TPSA) is 111 Å². The summed E-state index contributed by atoms with van der Waals surface area (Å²) in [7, 11) is 1.56. The zero-order chi connectivity index (χ0) is 24.2. The zero-order valence-corrected chi connectivity index (χ0v) is 20.2. The van der Waals surface area contributed by atoms with Crippen molar-refractivity contribution in [1.82, 2.24) is 9.97 Å². The van der Waals surface area contributed by atoms with Gasteiger partial charge in [0, 0.05) is 34.9 Å². The predicted molar refractivity (Wildman–Crippen MR) is 131 cm³/mol. The number of ether oxygens (including phenoxy) is 4. The van der Waals surface area contributed by atoms with E-state index >= 15 is 0 Å². The van der Waals surface area contributed by atoms with Crippen molar-refractivity contribution in [1.29, 1.82) is 0 Å². The molecular weight excluding hydrogens is 490 g/mol. The quantitative estimate of drug-likeness (QED) is 0.246. The average Bonchev–Trinajstić information content (AvgIpc) is 2.90. The first-order valence-corrected chi connectivity index (χ1v) is 12.2. The standard InChI is InChI=1S/C24H22ClN5O4S/c1-31-22-20(29-30-26)21-17(13-32-23(34-21)14-7-3-2-4-8-14)33-24(22)35-18-11-15(25)12-28-19(18)16-9-5-6-10-27-16/h2-12,17,20-24H,13H2,1H3/t17?,20?,21-,22?,23?,24+/m0/s1. The minimum atomic E-state index is -0.637. The number of halogens is 1. The SMILES string of the molecule is COC1C(N=[N+]=[N-])[C@H]2OC(c3ccccc3)OCC2O[C@@H]1Sc1cc(Cl)cnc1-c1ccccn1. The van der Waals surface area contributed by atoms with Crippen molar-refractivity contribution in [3.05, 3.63) is 88.0 Å². The number of nitrogens with zero attached hydrogens (tertiary/aromatic N) is 5. The number of fused-ring (bicyclic) bond motifs is 1. The van der Waals surface area contributed by atoms with Crippen molar-refractivity contribution in [3.63, 3.8) is 0 Å². The summed E-state index contributed by atoms with van der Waals surface area (Å²) in [6, 6.07) is 16.4. The van der Waals surface area contributed by atoms with Crippen LogP contribution in [-0.2, 0) is 18.9 Å². The van der Waals surface area contributed by atoms with Crippen LogP contribution in [-0.4, -0.2) is 53.5 Å². The third kappa shape index (κ3) is 5.14. The maximum atomic E-state index is 9.34. The summed E-state index contributed by atoms with van der Waals surface area (Å²) in [4.78, 5) is 12.8. The van der Waals surface area contributed by atoms with Gasteiger partial charge in [0.2, 0.25) is 0 Å². The van der Waals surface area contributed by atoms with Crippen molar-refractivity contribution in [2.45, 2.75) is 41.0 Å². The van der Waals surface area contributed by atoms with Crippen LogP contribution in [0.4, 0.5) is 0 Å². The van der Waals surface area contributed by atoms with Crippen molar-refractivity contribution < 1.29 is 18.9 Å². The third-order valence-corrected chi connectivity index (χ3v) is 7.19. The fourth-order valence-electron chi connectivity index (χ4n) is 4.21. The van der Waals surface area contributed by atoms with Gasteiger partial charge in [-0.25, -0.2) is 0 Å². The molecule has 9 nitrogen and oxygen atoms in total. The lowest BCUT2D eigenvalue weighted by Crippen LogP contribution is -2.60. The highest BCUT2D eigenvalue weighted by Gasteiger charge is 2.50. The zero-order valence-electron chi connectivity index (χ0n) is 18.7. The van der Waals surface area contributed by atoms with E-state index in [0.717, 1.165) is 10.5 Å². The van der Waals surface area contributed by atoms with Gasteiger partial charge in [0.25, 0.3) is 0 Å². The molecule has 4 unspecified atom stereocenters. The van der Waals surface area contributed by atoms with Gasteiger partial charge in [0.05, 0.1) is 23.4 Å². The van der Waals surface area contributed by atoms with Gasteiger partial charge < -0.3 is 18.9 Å². The summed E-state index contributed by atoms with van der Waals surface area (Å²) in [5, 5.41) is 4.55. The molecule has 2 aliphatic rings. The van der Waals surface area contributed by atoms with E-state index in [1.807, 2.05) is 54.6 Å². The van der Waals surface area contributed by atoms with Crippen LogP contribution in [0.15, 0.2) is 77.0 Å². The fraction of sp³-hybridized carbons (Fsp3) is 0.333. The van der Waals surface area contributed by atoms with E-state index < -0.39 is 36.1 Å². The molecule has 0 amide bonds. The predicted octanol–water partition coefficient (Wildman–Crippen LogP) is 5.42. The number of azide groups is 1. The minimum absolute atomic E-state index is 0.274. The van der Waals surface area contributed by atoms with Gasteiger partial charge >= 0.3 is 0 Å². The minimum Gasteiger partial charge on any atom is -0.377 e. The smallest absolute Gasteiger partial charge is 0.184 e. The Balaban J connectivity index is 1.44. The summed E-state index contributed by atoms with van der Waals surface area (Å²) in [5.74, 6) is 0. The van der Waals surface area contributed by atoms with Crippen molar-refractivity contribution in [2.24, 2.45) is 5.11 Å². The first-order chi connectivity index (χ1) is 17.2. The van der Waals surface area contributed by atoms with Crippen LogP contribution < -0.4 is 0 Å². The number of rotatable bonds is 6. The van der Waals surface area contributed by atoms with Gasteiger partial charge in [-0.3, -0.25) is 9.97 Å². The lowest BCUT2D eigenvalue weighted by Gasteiger charge is -2.47. The largest absolute Gasteiger partial charge is 0.377 e. The van der Waals surface area contributed by atoms with Gasteiger partial charge in [-0.1, -0.05) is 64.9 Å². The molecule has 1 aromatic carbocycles. The highest BCUT2D eigenvalue weighted by atomic mass is 35.5. The van der Waals surface area contributed by atoms with E-state index in [1.54, 1.807) is 19.5 Å². The van der Waals surface area contributed by atoms with E-state index in [4.69, 9.17) is 30.5 Å². The molecule has 5 rings (SSSR count). The number of thioether (sulfide) groups is 1.